The van der Waals surface area contributed by atoms with Gasteiger partial charge in [0.1, 0.15) is 5.60 Å². The Morgan fingerprint density at radius 2 is 1.64 bits per heavy atom. The Labute approximate surface area is 169 Å². The van der Waals surface area contributed by atoms with Crippen molar-refractivity contribution < 1.29 is 9.53 Å². The van der Waals surface area contributed by atoms with Crippen molar-refractivity contribution in [3.8, 4) is 0 Å². The van der Waals surface area contributed by atoms with E-state index in [-0.39, 0.29) is 6.09 Å². The third kappa shape index (κ3) is 5.51. The number of benzene rings is 2. The number of ether oxygens (including phenoxy) is 1. The lowest BCUT2D eigenvalue weighted by atomic mass is 10.0. The van der Waals surface area contributed by atoms with Gasteiger partial charge in [-0.3, -0.25) is 0 Å². The zero-order chi connectivity index (χ0) is 20.1. The highest BCUT2D eigenvalue weighted by molar-refractivity contribution is 5.68. The molecule has 1 aliphatic rings. The summed E-state index contributed by atoms with van der Waals surface area (Å²) in [5.74, 6) is 0. The van der Waals surface area contributed by atoms with Crippen molar-refractivity contribution in [1.29, 1.82) is 0 Å². The molecule has 0 unspecified atom stereocenters. The first-order valence-corrected chi connectivity index (χ1v) is 10.2. The molecule has 0 bridgehead atoms. The van der Waals surface area contributed by atoms with Crippen LogP contribution < -0.4 is 4.90 Å². The summed E-state index contributed by atoms with van der Waals surface area (Å²) in [4.78, 5) is 16.7. The van der Waals surface area contributed by atoms with E-state index in [1.54, 1.807) is 0 Å². The molecule has 0 saturated carbocycles. The lowest BCUT2D eigenvalue weighted by molar-refractivity contribution is 0.0204. The molecule has 1 saturated heterocycles. The first-order valence-electron chi connectivity index (χ1n) is 10.2. The van der Waals surface area contributed by atoms with Crippen LogP contribution in [0, 0.1) is 6.92 Å². The molecule has 1 amide bonds. The van der Waals surface area contributed by atoms with E-state index in [0.717, 1.165) is 32.5 Å². The molecule has 1 aliphatic heterocycles. The van der Waals surface area contributed by atoms with Crippen LogP contribution in [0.3, 0.4) is 0 Å². The Morgan fingerprint density at radius 1 is 1.04 bits per heavy atom. The molecule has 0 radical (unpaired) electrons. The minimum atomic E-state index is -0.449. The number of piperidine rings is 1. The minimum absolute atomic E-state index is 0.198. The number of hydrogen-bond donors (Lipinski definition) is 0. The van der Waals surface area contributed by atoms with E-state index in [2.05, 4.69) is 66.4 Å². The maximum absolute atomic E-state index is 12.4. The molecule has 3 rings (SSSR count). The highest BCUT2D eigenvalue weighted by Crippen LogP contribution is 2.26. The van der Waals surface area contributed by atoms with Crippen LogP contribution in [0.1, 0.15) is 44.7 Å². The SMILES string of the molecule is Cc1ccc(CN(c2ccccc2)C2CCN(C(=O)OC(C)(C)C)CC2)cc1. The van der Waals surface area contributed by atoms with E-state index in [0.29, 0.717) is 6.04 Å². The first kappa shape index (κ1) is 20.2. The predicted molar refractivity (Wildman–Crippen MR) is 115 cm³/mol. The van der Waals surface area contributed by atoms with Gasteiger partial charge >= 0.3 is 6.09 Å². The lowest BCUT2D eigenvalue weighted by Gasteiger charge is -2.40. The summed E-state index contributed by atoms with van der Waals surface area (Å²) in [6, 6.07) is 19.7. The number of nitrogens with zero attached hydrogens (tertiary/aromatic N) is 2. The van der Waals surface area contributed by atoms with Crippen LogP contribution in [-0.4, -0.2) is 35.7 Å². The summed E-state index contributed by atoms with van der Waals surface area (Å²) in [5.41, 5.74) is 3.37. The number of rotatable bonds is 4. The number of hydrogen-bond acceptors (Lipinski definition) is 3. The van der Waals surface area contributed by atoms with E-state index >= 15 is 0 Å². The number of likely N-dealkylation sites (tertiary alicyclic amines) is 1. The highest BCUT2D eigenvalue weighted by Gasteiger charge is 2.29. The third-order valence-electron chi connectivity index (χ3n) is 5.12. The topological polar surface area (TPSA) is 32.8 Å². The molecular formula is C24H32N2O2. The van der Waals surface area contributed by atoms with Crippen molar-refractivity contribution in [2.24, 2.45) is 0 Å². The monoisotopic (exact) mass is 380 g/mol. The summed E-state index contributed by atoms with van der Waals surface area (Å²) in [7, 11) is 0. The molecular weight excluding hydrogens is 348 g/mol. The van der Waals surface area contributed by atoms with Gasteiger partial charge in [-0.15, -0.1) is 0 Å². The average molecular weight is 381 g/mol. The Morgan fingerprint density at radius 3 is 2.21 bits per heavy atom. The van der Waals surface area contributed by atoms with Gasteiger partial charge in [-0.1, -0.05) is 48.0 Å². The number of para-hydroxylation sites is 1. The second kappa shape index (κ2) is 8.68. The zero-order valence-corrected chi connectivity index (χ0v) is 17.5. The smallest absolute Gasteiger partial charge is 0.410 e. The molecule has 28 heavy (non-hydrogen) atoms. The van der Waals surface area contributed by atoms with Gasteiger partial charge in [-0.25, -0.2) is 4.79 Å². The Hall–Kier alpha value is -2.49. The van der Waals surface area contributed by atoms with Crippen molar-refractivity contribution in [3.05, 3.63) is 65.7 Å². The van der Waals surface area contributed by atoms with Crippen LogP contribution in [0.15, 0.2) is 54.6 Å². The fourth-order valence-corrected chi connectivity index (χ4v) is 3.63. The number of anilines is 1. The fraction of sp³-hybridized carbons (Fsp3) is 0.458. The van der Waals surface area contributed by atoms with Crippen molar-refractivity contribution in [1.82, 2.24) is 4.90 Å². The third-order valence-corrected chi connectivity index (χ3v) is 5.12. The van der Waals surface area contributed by atoms with Gasteiger partial charge in [-0.2, -0.15) is 0 Å². The minimum Gasteiger partial charge on any atom is -0.444 e. The van der Waals surface area contributed by atoms with E-state index in [1.807, 2.05) is 25.7 Å². The van der Waals surface area contributed by atoms with Gasteiger partial charge in [0.2, 0.25) is 0 Å². The number of amides is 1. The summed E-state index contributed by atoms with van der Waals surface area (Å²) in [6.07, 6.45) is 1.69. The van der Waals surface area contributed by atoms with Crippen molar-refractivity contribution >= 4 is 11.8 Å². The largest absolute Gasteiger partial charge is 0.444 e. The van der Waals surface area contributed by atoms with Gasteiger partial charge in [0, 0.05) is 31.4 Å². The van der Waals surface area contributed by atoms with E-state index in [9.17, 15) is 4.79 Å². The van der Waals surface area contributed by atoms with Gasteiger partial charge in [0.05, 0.1) is 0 Å². The maximum Gasteiger partial charge on any atom is 0.410 e. The van der Waals surface area contributed by atoms with E-state index in [1.165, 1.54) is 16.8 Å². The molecule has 2 aromatic carbocycles. The normalized spacial score (nSPS) is 15.4. The van der Waals surface area contributed by atoms with Crippen LogP contribution in [0.4, 0.5) is 10.5 Å². The summed E-state index contributed by atoms with van der Waals surface area (Å²) in [5, 5.41) is 0. The molecule has 0 aromatic heterocycles. The lowest BCUT2D eigenvalue weighted by Crippen LogP contribution is -2.48. The molecule has 0 N–H and O–H groups in total. The zero-order valence-electron chi connectivity index (χ0n) is 17.5. The second-order valence-corrected chi connectivity index (χ2v) is 8.65. The van der Waals surface area contributed by atoms with E-state index < -0.39 is 5.60 Å². The molecule has 1 heterocycles. The standard InChI is InChI=1S/C24H32N2O2/c1-19-10-12-20(13-11-19)18-26(21-8-6-5-7-9-21)22-14-16-25(17-15-22)23(27)28-24(2,3)4/h5-13,22H,14-18H2,1-4H3. The van der Waals surface area contributed by atoms with E-state index in [4.69, 9.17) is 4.74 Å². The van der Waals surface area contributed by atoms with Gasteiger partial charge in [-0.05, 0) is 58.2 Å². The first-order chi connectivity index (χ1) is 13.3. The number of aryl methyl sites for hydroxylation is 1. The van der Waals surface area contributed by atoms with Gasteiger partial charge in [0.15, 0.2) is 0 Å². The number of carbonyl (C=O) groups is 1. The molecule has 2 aromatic rings. The van der Waals surface area contributed by atoms with Crippen LogP contribution in [-0.2, 0) is 11.3 Å². The summed E-state index contributed by atoms with van der Waals surface area (Å²) < 4.78 is 5.54. The molecule has 0 spiro atoms. The molecule has 4 heteroatoms. The van der Waals surface area contributed by atoms with Crippen molar-refractivity contribution in [2.75, 3.05) is 18.0 Å². The second-order valence-electron chi connectivity index (χ2n) is 8.65. The summed E-state index contributed by atoms with van der Waals surface area (Å²) >= 11 is 0. The quantitative estimate of drug-likeness (QED) is 0.712. The molecule has 4 nitrogen and oxygen atoms in total. The van der Waals surface area contributed by atoms with Crippen molar-refractivity contribution in [3.63, 3.8) is 0 Å². The Bertz CT molecular complexity index is 757. The molecule has 1 fully saturated rings. The van der Waals surface area contributed by atoms with Crippen LogP contribution in [0.25, 0.3) is 0 Å². The van der Waals surface area contributed by atoms with Crippen LogP contribution >= 0.6 is 0 Å². The molecule has 0 atom stereocenters. The summed E-state index contributed by atoms with van der Waals surface area (Å²) in [6.45, 7) is 10.2. The fourth-order valence-electron chi connectivity index (χ4n) is 3.63. The number of carbonyl (C=O) groups excluding carboxylic acids is 1. The highest BCUT2D eigenvalue weighted by atomic mass is 16.6. The van der Waals surface area contributed by atoms with Gasteiger partial charge in [0.25, 0.3) is 0 Å². The molecule has 150 valence electrons. The Kier molecular flexibility index (Phi) is 6.28. The average Bonchev–Trinajstić information content (AvgIpc) is 2.67. The van der Waals surface area contributed by atoms with Crippen LogP contribution in [0.5, 0.6) is 0 Å². The Balaban J connectivity index is 1.70. The maximum atomic E-state index is 12.4. The predicted octanol–water partition coefficient (Wildman–Crippen LogP) is 5.40. The van der Waals surface area contributed by atoms with Crippen LogP contribution in [0.2, 0.25) is 0 Å². The van der Waals surface area contributed by atoms with Crippen molar-refractivity contribution in [2.45, 2.75) is 58.7 Å². The van der Waals surface area contributed by atoms with Gasteiger partial charge < -0.3 is 14.5 Å². The molecule has 0 aliphatic carbocycles.